The molecule has 0 aliphatic carbocycles. The van der Waals surface area contributed by atoms with Gasteiger partial charge in [-0.25, -0.2) is 0 Å². The Bertz CT molecular complexity index is 342. The van der Waals surface area contributed by atoms with Crippen LogP contribution in [0.3, 0.4) is 0 Å². The lowest BCUT2D eigenvalue weighted by Crippen LogP contribution is -2.21. The van der Waals surface area contributed by atoms with Crippen LogP contribution >= 0.6 is 0 Å². The molecule has 0 spiro atoms. The SMILES string of the molecule is Cc1ccc(C2(C(C)C)OC2CO)cc1. The summed E-state index contributed by atoms with van der Waals surface area (Å²) < 4.78 is 5.69. The van der Waals surface area contributed by atoms with Crippen LogP contribution in [-0.2, 0) is 10.3 Å². The van der Waals surface area contributed by atoms with Gasteiger partial charge in [0.1, 0.15) is 11.7 Å². The zero-order valence-electron chi connectivity index (χ0n) is 9.53. The molecule has 1 aromatic rings. The first-order valence-corrected chi connectivity index (χ1v) is 5.47. The molecule has 0 saturated carbocycles. The van der Waals surface area contributed by atoms with Crippen molar-refractivity contribution in [1.82, 2.24) is 0 Å². The molecule has 1 aromatic carbocycles. The monoisotopic (exact) mass is 206 g/mol. The molecule has 2 unspecified atom stereocenters. The van der Waals surface area contributed by atoms with Gasteiger partial charge < -0.3 is 9.84 Å². The predicted octanol–water partition coefficient (Wildman–Crippen LogP) is 2.24. The van der Waals surface area contributed by atoms with E-state index in [-0.39, 0.29) is 18.3 Å². The van der Waals surface area contributed by atoms with E-state index < -0.39 is 0 Å². The van der Waals surface area contributed by atoms with Crippen LogP contribution < -0.4 is 0 Å². The second-order valence-corrected chi connectivity index (χ2v) is 4.60. The van der Waals surface area contributed by atoms with Gasteiger partial charge in [-0.1, -0.05) is 43.7 Å². The number of hydrogen-bond acceptors (Lipinski definition) is 2. The largest absolute Gasteiger partial charge is 0.394 e. The lowest BCUT2D eigenvalue weighted by molar-refractivity contribution is 0.219. The van der Waals surface area contributed by atoms with Crippen molar-refractivity contribution < 1.29 is 9.84 Å². The average Bonchev–Trinajstić information content (AvgIpc) is 2.94. The molecule has 2 nitrogen and oxygen atoms in total. The highest BCUT2D eigenvalue weighted by atomic mass is 16.6. The Morgan fingerprint density at radius 2 is 1.93 bits per heavy atom. The molecule has 2 rings (SSSR count). The highest BCUT2D eigenvalue weighted by molar-refractivity contribution is 5.32. The number of epoxide rings is 1. The van der Waals surface area contributed by atoms with Gasteiger partial charge in [-0.05, 0) is 18.4 Å². The molecule has 1 saturated heterocycles. The highest BCUT2D eigenvalue weighted by Crippen LogP contribution is 2.51. The predicted molar refractivity (Wildman–Crippen MR) is 59.7 cm³/mol. The van der Waals surface area contributed by atoms with Crippen molar-refractivity contribution in [3.05, 3.63) is 35.4 Å². The smallest absolute Gasteiger partial charge is 0.124 e. The molecule has 1 N–H and O–H groups in total. The minimum atomic E-state index is -0.248. The van der Waals surface area contributed by atoms with E-state index in [4.69, 9.17) is 4.74 Å². The van der Waals surface area contributed by atoms with E-state index in [9.17, 15) is 5.11 Å². The zero-order valence-corrected chi connectivity index (χ0v) is 9.53. The van der Waals surface area contributed by atoms with Crippen LogP contribution in [-0.4, -0.2) is 17.8 Å². The van der Waals surface area contributed by atoms with Crippen molar-refractivity contribution in [2.24, 2.45) is 5.92 Å². The van der Waals surface area contributed by atoms with Crippen LogP contribution in [0.5, 0.6) is 0 Å². The molecule has 1 fully saturated rings. The number of rotatable bonds is 3. The summed E-state index contributed by atoms with van der Waals surface area (Å²) in [4.78, 5) is 0. The Morgan fingerprint density at radius 1 is 1.33 bits per heavy atom. The minimum absolute atomic E-state index is 0.0276. The van der Waals surface area contributed by atoms with E-state index in [1.54, 1.807) is 0 Å². The topological polar surface area (TPSA) is 32.8 Å². The number of hydrogen-bond donors (Lipinski definition) is 1. The molecule has 0 amide bonds. The van der Waals surface area contributed by atoms with Crippen molar-refractivity contribution >= 4 is 0 Å². The standard InChI is InChI=1S/C13H18O2/c1-9(2)13(12(8-14)15-13)11-6-4-10(3)5-7-11/h4-7,9,12,14H,8H2,1-3H3. The highest BCUT2D eigenvalue weighted by Gasteiger charge is 2.59. The Kier molecular flexibility index (Phi) is 2.57. The molecule has 2 heteroatoms. The normalized spacial score (nSPS) is 29.5. The minimum Gasteiger partial charge on any atom is -0.394 e. The second-order valence-electron chi connectivity index (χ2n) is 4.60. The lowest BCUT2D eigenvalue weighted by atomic mass is 9.85. The van der Waals surface area contributed by atoms with Crippen molar-refractivity contribution in [3.63, 3.8) is 0 Å². The van der Waals surface area contributed by atoms with Crippen molar-refractivity contribution in [3.8, 4) is 0 Å². The van der Waals surface area contributed by atoms with Gasteiger partial charge in [0.25, 0.3) is 0 Å². The van der Waals surface area contributed by atoms with Crippen LogP contribution in [0.2, 0.25) is 0 Å². The quantitative estimate of drug-likeness (QED) is 0.769. The maximum atomic E-state index is 9.18. The van der Waals surface area contributed by atoms with Gasteiger partial charge in [0.2, 0.25) is 0 Å². The second kappa shape index (κ2) is 3.62. The van der Waals surface area contributed by atoms with Crippen molar-refractivity contribution in [2.75, 3.05) is 6.61 Å². The summed E-state index contributed by atoms with van der Waals surface area (Å²) in [5.74, 6) is 0.386. The summed E-state index contributed by atoms with van der Waals surface area (Å²) in [6, 6.07) is 8.39. The molecule has 1 aliphatic rings. The summed E-state index contributed by atoms with van der Waals surface area (Å²) in [6.07, 6.45) is -0.0276. The molecule has 0 aromatic heterocycles. The first kappa shape index (κ1) is 10.7. The molecular formula is C13H18O2. The van der Waals surface area contributed by atoms with Gasteiger partial charge in [0.15, 0.2) is 0 Å². The third-order valence-electron chi connectivity index (χ3n) is 3.28. The van der Waals surface area contributed by atoms with Crippen molar-refractivity contribution in [1.29, 1.82) is 0 Å². The van der Waals surface area contributed by atoms with Gasteiger partial charge in [-0.15, -0.1) is 0 Å². The maximum absolute atomic E-state index is 9.18. The number of aliphatic hydroxyl groups is 1. The molecule has 0 bridgehead atoms. The van der Waals surface area contributed by atoms with E-state index in [1.807, 2.05) is 0 Å². The Morgan fingerprint density at radius 3 is 2.33 bits per heavy atom. The van der Waals surface area contributed by atoms with Gasteiger partial charge in [0, 0.05) is 0 Å². The van der Waals surface area contributed by atoms with E-state index >= 15 is 0 Å². The summed E-state index contributed by atoms with van der Waals surface area (Å²) in [5.41, 5.74) is 2.18. The number of aryl methyl sites for hydroxylation is 1. The number of aliphatic hydroxyl groups excluding tert-OH is 1. The van der Waals surface area contributed by atoms with Crippen LogP contribution in [0.15, 0.2) is 24.3 Å². The average molecular weight is 206 g/mol. The van der Waals surface area contributed by atoms with Crippen LogP contribution in [0, 0.1) is 12.8 Å². The summed E-state index contributed by atoms with van der Waals surface area (Å²) >= 11 is 0. The van der Waals surface area contributed by atoms with Gasteiger partial charge >= 0.3 is 0 Å². The fourth-order valence-corrected chi connectivity index (χ4v) is 2.28. The fraction of sp³-hybridized carbons (Fsp3) is 0.538. The summed E-state index contributed by atoms with van der Waals surface area (Å²) in [7, 11) is 0. The fourth-order valence-electron chi connectivity index (χ4n) is 2.28. The van der Waals surface area contributed by atoms with Gasteiger partial charge in [-0.2, -0.15) is 0 Å². The molecule has 1 heterocycles. The molecule has 82 valence electrons. The lowest BCUT2D eigenvalue weighted by Gasteiger charge is -2.17. The van der Waals surface area contributed by atoms with E-state index in [2.05, 4.69) is 45.0 Å². The van der Waals surface area contributed by atoms with Crippen molar-refractivity contribution in [2.45, 2.75) is 32.5 Å². The maximum Gasteiger partial charge on any atom is 0.124 e. The van der Waals surface area contributed by atoms with Crippen LogP contribution in [0.25, 0.3) is 0 Å². The molecule has 1 aliphatic heterocycles. The number of ether oxygens (including phenoxy) is 1. The van der Waals surface area contributed by atoms with Crippen LogP contribution in [0.4, 0.5) is 0 Å². The first-order valence-electron chi connectivity index (χ1n) is 5.47. The van der Waals surface area contributed by atoms with E-state index in [0.29, 0.717) is 5.92 Å². The Balaban J connectivity index is 2.32. The van der Waals surface area contributed by atoms with Crippen LogP contribution in [0.1, 0.15) is 25.0 Å². The molecular weight excluding hydrogens is 188 g/mol. The summed E-state index contributed by atoms with van der Waals surface area (Å²) in [6.45, 7) is 6.44. The summed E-state index contributed by atoms with van der Waals surface area (Å²) in [5, 5.41) is 9.18. The van der Waals surface area contributed by atoms with E-state index in [0.717, 1.165) is 0 Å². The Labute approximate surface area is 90.9 Å². The zero-order chi connectivity index (χ0) is 11.1. The Hall–Kier alpha value is -0.860. The van der Waals surface area contributed by atoms with Gasteiger partial charge in [0.05, 0.1) is 6.61 Å². The molecule has 0 radical (unpaired) electrons. The van der Waals surface area contributed by atoms with Gasteiger partial charge in [-0.3, -0.25) is 0 Å². The number of benzene rings is 1. The third kappa shape index (κ3) is 1.58. The van der Waals surface area contributed by atoms with E-state index in [1.165, 1.54) is 11.1 Å². The molecule has 15 heavy (non-hydrogen) atoms. The molecule has 2 atom stereocenters. The first-order chi connectivity index (χ1) is 7.11. The third-order valence-corrected chi connectivity index (χ3v) is 3.28.